The Kier molecular flexibility index (Phi) is 11.1. The SMILES string of the molecule is CCCC/C(=C/C(=O)O)CCCCCCCO. The molecule has 100 valence electrons. The Bertz CT molecular complexity index is 222. The first-order valence-electron chi connectivity index (χ1n) is 6.74. The molecule has 0 radical (unpaired) electrons. The fraction of sp³-hybridized carbons (Fsp3) is 0.786. The highest BCUT2D eigenvalue weighted by atomic mass is 16.4. The number of allylic oxidation sites excluding steroid dienone is 1. The van der Waals surface area contributed by atoms with Crippen molar-refractivity contribution in [3.8, 4) is 0 Å². The Morgan fingerprint density at radius 1 is 1.00 bits per heavy atom. The van der Waals surface area contributed by atoms with Gasteiger partial charge in [0.05, 0.1) is 0 Å². The van der Waals surface area contributed by atoms with Gasteiger partial charge in [-0.1, -0.05) is 38.2 Å². The van der Waals surface area contributed by atoms with Crippen LogP contribution in [0.25, 0.3) is 0 Å². The van der Waals surface area contributed by atoms with E-state index in [4.69, 9.17) is 10.2 Å². The molecule has 0 unspecified atom stereocenters. The summed E-state index contributed by atoms with van der Waals surface area (Å²) in [5.41, 5.74) is 1.07. The first-order valence-corrected chi connectivity index (χ1v) is 6.74. The fourth-order valence-electron chi connectivity index (χ4n) is 1.84. The number of aliphatic hydroxyl groups is 1. The molecule has 0 aliphatic carbocycles. The third-order valence-electron chi connectivity index (χ3n) is 2.84. The lowest BCUT2D eigenvalue weighted by molar-refractivity contribution is -0.131. The number of carbonyl (C=O) groups is 1. The van der Waals surface area contributed by atoms with E-state index >= 15 is 0 Å². The van der Waals surface area contributed by atoms with Gasteiger partial charge in [0.15, 0.2) is 0 Å². The summed E-state index contributed by atoms with van der Waals surface area (Å²) in [5.74, 6) is -0.823. The van der Waals surface area contributed by atoms with Gasteiger partial charge in [-0.3, -0.25) is 0 Å². The number of aliphatic hydroxyl groups excluding tert-OH is 1. The van der Waals surface area contributed by atoms with E-state index in [2.05, 4.69) is 6.92 Å². The van der Waals surface area contributed by atoms with Crippen LogP contribution in [0.5, 0.6) is 0 Å². The standard InChI is InChI=1S/C14H26O3/c1-2-3-9-13(12-14(16)17)10-7-5-4-6-8-11-15/h12,15H,2-11H2,1H3,(H,16,17)/b13-12-. The molecular formula is C14H26O3. The van der Waals surface area contributed by atoms with E-state index in [0.717, 1.165) is 63.4 Å². The Balaban J connectivity index is 3.72. The first kappa shape index (κ1) is 16.2. The summed E-state index contributed by atoms with van der Waals surface area (Å²) < 4.78 is 0. The smallest absolute Gasteiger partial charge is 0.328 e. The molecule has 0 aromatic carbocycles. The van der Waals surface area contributed by atoms with Crippen LogP contribution in [0.4, 0.5) is 0 Å². The quantitative estimate of drug-likeness (QED) is 0.430. The Morgan fingerprint density at radius 3 is 2.18 bits per heavy atom. The molecule has 0 aliphatic heterocycles. The highest BCUT2D eigenvalue weighted by Gasteiger charge is 2.01. The van der Waals surface area contributed by atoms with Gasteiger partial charge < -0.3 is 10.2 Å². The van der Waals surface area contributed by atoms with Gasteiger partial charge in [-0.15, -0.1) is 0 Å². The number of aliphatic carboxylic acids is 1. The molecule has 0 atom stereocenters. The summed E-state index contributed by atoms with van der Waals surface area (Å²) in [5, 5.41) is 17.4. The monoisotopic (exact) mass is 242 g/mol. The number of unbranched alkanes of at least 4 members (excludes halogenated alkanes) is 5. The maximum absolute atomic E-state index is 10.6. The fourth-order valence-corrected chi connectivity index (χ4v) is 1.84. The van der Waals surface area contributed by atoms with Gasteiger partial charge in [0.25, 0.3) is 0 Å². The molecular weight excluding hydrogens is 216 g/mol. The van der Waals surface area contributed by atoms with E-state index in [1.54, 1.807) is 0 Å². The predicted octanol–water partition coefficient (Wildman–Crippen LogP) is 3.52. The molecule has 17 heavy (non-hydrogen) atoms. The molecule has 0 saturated heterocycles. The summed E-state index contributed by atoms with van der Waals surface area (Å²) in [6.45, 7) is 2.40. The van der Waals surface area contributed by atoms with Crippen LogP contribution in [0.3, 0.4) is 0 Å². The molecule has 3 heteroatoms. The van der Waals surface area contributed by atoms with Crippen molar-refractivity contribution < 1.29 is 15.0 Å². The summed E-state index contributed by atoms with van der Waals surface area (Å²) >= 11 is 0. The number of hydrogen-bond donors (Lipinski definition) is 2. The molecule has 0 saturated carbocycles. The minimum absolute atomic E-state index is 0.278. The maximum atomic E-state index is 10.6. The van der Waals surface area contributed by atoms with Gasteiger partial charge in [0.2, 0.25) is 0 Å². The van der Waals surface area contributed by atoms with Crippen LogP contribution in [-0.4, -0.2) is 22.8 Å². The first-order chi connectivity index (χ1) is 8.20. The van der Waals surface area contributed by atoms with Gasteiger partial charge >= 0.3 is 5.97 Å². The second kappa shape index (κ2) is 11.6. The van der Waals surface area contributed by atoms with Crippen LogP contribution in [0, 0.1) is 0 Å². The molecule has 0 spiro atoms. The largest absolute Gasteiger partial charge is 0.478 e. The van der Waals surface area contributed by atoms with E-state index in [1.165, 1.54) is 6.08 Å². The Hall–Kier alpha value is -0.830. The maximum Gasteiger partial charge on any atom is 0.328 e. The van der Waals surface area contributed by atoms with Crippen LogP contribution in [0.1, 0.15) is 64.7 Å². The molecule has 0 amide bonds. The third kappa shape index (κ3) is 11.4. The second-order valence-electron chi connectivity index (χ2n) is 4.49. The normalized spacial score (nSPS) is 11.8. The van der Waals surface area contributed by atoms with Crippen molar-refractivity contribution in [2.24, 2.45) is 0 Å². The van der Waals surface area contributed by atoms with Gasteiger partial charge in [-0.2, -0.15) is 0 Å². The molecule has 0 rings (SSSR count). The van der Waals surface area contributed by atoms with E-state index in [0.29, 0.717) is 0 Å². The summed E-state index contributed by atoms with van der Waals surface area (Å²) in [6.07, 6.45) is 10.7. The lowest BCUT2D eigenvalue weighted by Crippen LogP contribution is -1.94. The van der Waals surface area contributed by atoms with Crippen molar-refractivity contribution in [1.29, 1.82) is 0 Å². The van der Waals surface area contributed by atoms with Crippen LogP contribution in [-0.2, 0) is 4.79 Å². The van der Waals surface area contributed by atoms with E-state index in [1.807, 2.05) is 0 Å². The lowest BCUT2D eigenvalue weighted by atomic mass is 10.0. The van der Waals surface area contributed by atoms with Crippen molar-refractivity contribution in [2.45, 2.75) is 64.7 Å². The van der Waals surface area contributed by atoms with Gasteiger partial charge in [0, 0.05) is 12.7 Å². The van der Waals surface area contributed by atoms with Crippen LogP contribution < -0.4 is 0 Å². The summed E-state index contributed by atoms with van der Waals surface area (Å²) in [4.78, 5) is 10.6. The number of hydrogen-bond acceptors (Lipinski definition) is 2. The van der Waals surface area contributed by atoms with Crippen molar-refractivity contribution >= 4 is 5.97 Å². The topological polar surface area (TPSA) is 57.5 Å². The van der Waals surface area contributed by atoms with E-state index in [-0.39, 0.29) is 6.61 Å². The Labute approximate surface area is 105 Å². The molecule has 0 bridgehead atoms. The van der Waals surface area contributed by atoms with Gasteiger partial charge in [0.1, 0.15) is 0 Å². The third-order valence-corrected chi connectivity index (χ3v) is 2.84. The second-order valence-corrected chi connectivity index (χ2v) is 4.49. The summed E-state index contributed by atoms with van der Waals surface area (Å²) in [6, 6.07) is 0. The molecule has 0 aromatic rings. The zero-order chi connectivity index (χ0) is 12.9. The Morgan fingerprint density at radius 2 is 1.59 bits per heavy atom. The summed E-state index contributed by atoms with van der Waals surface area (Å²) in [7, 11) is 0. The van der Waals surface area contributed by atoms with Crippen LogP contribution >= 0.6 is 0 Å². The average molecular weight is 242 g/mol. The van der Waals surface area contributed by atoms with Crippen molar-refractivity contribution in [1.82, 2.24) is 0 Å². The molecule has 2 N–H and O–H groups in total. The van der Waals surface area contributed by atoms with Crippen LogP contribution in [0.15, 0.2) is 11.6 Å². The number of rotatable bonds is 11. The van der Waals surface area contributed by atoms with Gasteiger partial charge in [-0.05, 0) is 32.1 Å². The minimum atomic E-state index is -0.823. The molecule has 0 fully saturated rings. The van der Waals surface area contributed by atoms with Gasteiger partial charge in [-0.25, -0.2) is 4.79 Å². The van der Waals surface area contributed by atoms with Crippen molar-refractivity contribution in [3.05, 3.63) is 11.6 Å². The molecule has 0 aliphatic rings. The molecule has 0 heterocycles. The number of carboxylic acids is 1. The van der Waals surface area contributed by atoms with Crippen LogP contribution in [0.2, 0.25) is 0 Å². The lowest BCUT2D eigenvalue weighted by Gasteiger charge is -2.06. The average Bonchev–Trinajstić information content (AvgIpc) is 2.29. The van der Waals surface area contributed by atoms with E-state index < -0.39 is 5.97 Å². The number of carboxylic acid groups (broad SMARTS) is 1. The zero-order valence-electron chi connectivity index (χ0n) is 11.0. The predicted molar refractivity (Wildman–Crippen MR) is 70.0 cm³/mol. The zero-order valence-corrected chi connectivity index (χ0v) is 11.0. The highest BCUT2D eigenvalue weighted by Crippen LogP contribution is 2.16. The molecule has 3 nitrogen and oxygen atoms in total. The van der Waals surface area contributed by atoms with Crippen molar-refractivity contribution in [2.75, 3.05) is 6.61 Å². The highest BCUT2D eigenvalue weighted by molar-refractivity contribution is 5.80. The molecule has 0 aromatic heterocycles. The minimum Gasteiger partial charge on any atom is -0.478 e. The van der Waals surface area contributed by atoms with Crippen molar-refractivity contribution in [3.63, 3.8) is 0 Å². The van der Waals surface area contributed by atoms with E-state index in [9.17, 15) is 4.79 Å².